The van der Waals surface area contributed by atoms with E-state index < -0.39 is 16.1 Å². The van der Waals surface area contributed by atoms with Crippen molar-refractivity contribution in [1.82, 2.24) is 0 Å². The van der Waals surface area contributed by atoms with Gasteiger partial charge in [0.1, 0.15) is 11.5 Å². The van der Waals surface area contributed by atoms with E-state index in [4.69, 9.17) is 9.47 Å². The molecule has 0 bridgehead atoms. The maximum atomic E-state index is 12.8. The quantitative estimate of drug-likeness (QED) is 0.251. The summed E-state index contributed by atoms with van der Waals surface area (Å²) in [5.41, 5.74) is 1.01. The summed E-state index contributed by atoms with van der Waals surface area (Å²) in [5, 5.41) is 16.1. The molecule has 0 heterocycles. The average Bonchev–Trinajstić information content (AvgIpc) is 2.84. The molecule has 3 aromatic rings. The molecule has 2 N–H and O–H groups in total. The van der Waals surface area contributed by atoms with Crippen molar-refractivity contribution in [3.05, 3.63) is 82.4 Å². The monoisotopic (exact) mass is 481 g/mol. The van der Waals surface area contributed by atoms with Gasteiger partial charge in [0, 0.05) is 34.3 Å². The van der Waals surface area contributed by atoms with Crippen molar-refractivity contribution >= 4 is 40.6 Å². The smallest absolute Gasteiger partial charge is 0.270 e. The van der Waals surface area contributed by atoms with Crippen molar-refractivity contribution < 1.29 is 24.0 Å². The summed E-state index contributed by atoms with van der Waals surface area (Å²) >= 11 is 1.31. The lowest BCUT2D eigenvalue weighted by Crippen LogP contribution is -2.22. The highest BCUT2D eigenvalue weighted by atomic mass is 32.2. The van der Waals surface area contributed by atoms with Gasteiger partial charge in [0.2, 0.25) is 5.91 Å². The molecular formula is C24H23N3O6S. The second-order valence-electron chi connectivity index (χ2n) is 7.10. The molecule has 0 radical (unpaired) electrons. The number of ether oxygens (including phenoxy) is 2. The van der Waals surface area contributed by atoms with Crippen LogP contribution in [0.5, 0.6) is 11.5 Å². The highest BCUT2D eigenvalue weighted by Gasteiger charge is 2.18. The lowest BCUT2D eigenvalue weighted by molar-refractivity contribution is -0.384. The van der Waals surface area contributed by atoms with Crippen molar-refractivity contribution in [2.75, 3.05) is 24.9 Å². The highest BCUT2D eigenvalue weighted by Crippen LogP contribution is 2.31. The molecule has 176 valence electrons. The van der Waals surface area contributed by atoms with Crippen LogP contribution in [0.3, 0.4) is 0 Å². The summed E-state index contributed by atoms with van der Waals surface area (Å²) in [5.74, 6) is 0.394. The Morgan fingerprint density at radius 2 is 1.74 bits per heavy atom. The number of hydrogen-bond acceptors (Lipinski definition) is 7. The van der Waals surface area contributed by atoms with Gasteiger partial charge in [-0.05, 0) is 43.3 Å². The maximum absolute atomic E-state index is 12.8. The van der Waals surface area contributed by atoms with E-state index in [0.717, 1.165) is 4.90 Å². The van der Waals surface area contributed by atoms with E-state index in [9.17, 15) is 19.7 Å². The molecule has 0 aliphatic carbocycles. The van der Waals surface area contributed by atoms with Gasteiger partial charge < -0.3 is 20.1 Å². The molecule has 0 saturated carbocycles. The van der Waals surface area contributed by atoms with E-state index in [1.807, 2.05) is 6.07 Å². The molecule has 0 spiro atoms. The van der Waals surface area contributed by atoms with Crippen molar-refractivity contribution in [2.24, 2.45) is 0 Å². The largest absolute Gasteiger partial charge is 0.497 e. The summed E-state index contributed by atoms with van der Waals surface area (Å²) in [6.07, 6.45) is 0. The lowest BCUT2D eigenvalue weighted by atomic mass is 10.2. The number of nitrogens with zero attached hydrogens (tertiary/aromatic N) is 1. The number of hydrogen-bond donors (Lipinski definition) is 2. The van der Waals surface area contributed by atoms with Gasteiger partial charge in [0.15, 0.2) is 0 Å². The Labute approximate surface area is 200 Å². The van der Waals surface area contributed by atoms with Gasteiger partial charge in [-0.3, -0.25) is 19.7 Å². The topological polar surface area (TPSA) is 120 Å². The van der Waals surface area contributed by atoms with Crippen LogP contribution in [-0.2, 0) is 4.79 Å². The SMILES string of the molecule is COc1ccc(OC)c(NC(=O)C(C)Sc2cccc(NC(=O)c3cccc([N+](=O)[O-])c3)c2)c1. The van der Waals surface area contributed by atoms with Gasteiger partial charge in [-0.2, -0.15) is 0 Å². The maximum Gasteiger partial charge on any atom is 0.270 e. The average molecular weight is 482 g/mol. The number of thioether (sulfide) groups is 1. The minimum atomic E-state index is -0.554. The predicted molar refractivity (Wildman–Crippen MR) is 131 cm³/mol. The number of carbonyl (C=O) groups excluding carboxylic acids is 2. The number of anilines is 2. The van der Waals surface area contributed by atoms with E-state index in [-0.39, 0.29) is 17.2 Å². The molecular weight excluding hydrogens is 458 g/mol. The molecule has 3 rings (SSSR count). The van der Waals surface area contributed by atoms with E-state index in [0.29, 0.717) is 22.9 Å². The number of non-ortho nitro benzene ring substituents is 1. The first-order valence-electron chi connectivity index (χ1n) is 10.2. The van der Waals surface area contributed by atoms with E-state index in [2.05, 4.69) is 10.6 Å². The Morgan fingerprint density at radius 3 is 2.44 bits per heavy atom. The standard InChI is InChI=1S/C24H23N3O6S/c1-15(23(28)26-21-14-19(32-2)10-11-22(21)33-3)34-20-9-5-7-17(13-20)25-24(29)16-6-4-8-18(12-16)27(30)31/h4-15H,1-3H3,(H,25,29)(H,26,28). The third kappa shape index (κ3) is 6.26. The van der Waals surface area contributed by atoms with Crippen molar-refractivity contribution in [1.29, 1.82) is 0 Å². The van der Waals surface area contributed by atoms with E-state index in [1.165, 1.54) is 50.2 Å². The van der Waals surface area contributed by atoms with Gasteiger partial charge in [0.25, 0.3) is 11.6 Å². The summed E-state index contributed by atoms with van der Waals surface area (Å²) in [4.78, 5) is 36.4. The minimum Gasteiger partial charge on any atom is -0.497 e. The van der Waals surface area contributed by atoms with Crippen LogP contribution in [0.2, 0.25) is 0 Å². The first-order chi connectivity index (χ1) is 16.3. The summed E-state index contributed by atoms with van der Waals surface area (Å²) in [6.45, 7) is 1.76. The van der Waals surface area contributed by atoms with Crippen LogP contribution in [0, 0.1) is 10.1 Å². The van der Waals surface area contributed by atoms with Crippen LogP contribution in [0.15, 0.2) is 71.6 Å². The Morgan fingerprint density at radius 1 is 0.971 bits per heavy atom. The van der Waals surface area contributed by atoms with Gasteiger partial charge in [-0.1, -0.05) is 12.1 Å². The van der Waals surface area contributed by atoms with Crippen LogP contribution in [-0.4, -0.2) is 36.2 Å². The fourth-order valence-corrected chi connectivity index (χ4v) is 3.94. The third-order valence-corrected chi connectivity index (χ3v) is 5.85. The first kappa shape index (κ1) is 24.6. The number of rotatable bonds is 9. The van der Waals surface area contributed by atoms with Crippen LogP contribution >= 0.6 is 11.8 Å². The molecule has 0 aromatic heterocycles. The van der Waals surface area contributed by atoms with E-state index >= 15 is 0 Å². The summed E-state index contributed by atoms with van der Waals surface area (Å²) in [6, 6.07) is 17.6. The summed E-state index contributed by atoms with van der Waals surface area (Å²) in [7, 11) is 3.06. The van der Waals surface area contributed by atoms with Crippen LogP contribution in [0.25, 0.3) is 0 Å². The third-order valence-electron chi connectivity index (χ3n) is 4.76. The fraction of sp³-hybridized carbons (Fsp3) is 0.167. The number of methoxy groups -OCH3 is 2. The normalized spacial score (nSPS) is 11.3. The number of nitro benzene ring substituents is 1. The molecule has 9 nitrogen and oxygen atoms in total. The number of amides is 2. The Bertz CT molecular complexity index is 1220. The Kier molecular flexibility index (Phi) is 8.10. The molecule has 0 aliphatic rings. The molecule has 1 atom stereocenters. The second-order valence-corrected chi connectivity index (χ2v) is 8.52. The Balaban J connectivity index is 1.67. The molecule has 3 aromatic carbocycles. The minimum absolute atomic E-state index is 0.163. The van der Waals surface area contributed by atoms with Crippen molar-refractivity contribution in [3.8, 4) is 11.5 Å². The Hall–Kier alpha value is -4.05. The van der Waals surface area contributed by atoms with Gasteiger partial charge in [-0.15, -0.1) is 11.8 Å². The van der Waals surface area contributed by atoms with Gasteiger partial charge in [0.05, 0.1) is 30.1 Å². The van der Waals surface area contributed by atoms with Crippen LogP contribution in [0.1, 0.15) is 17.3 Å². The molecule has 0 aliphatic heterocycles. The van der Waals surface area contributed by atoms with Gasteiger partial charge >= 0.3 is 0 Å². The zero-order valence-corrected chi connectivity index (χ0v) is 19.5. The van der Waals surface area contributed by atoms with Crippen LogP contribution in [0.4, 0.5) is 17.1 Å². The second kappa shape index (κ2) is 11.2. The van der Waals surface area contributed by atoms with Crippen molar-refractivity contribution in [3.63, 3.8) is 0 Å². The molecule has 10 heteroatoms. The number of carbonyl (C=O) groups is 2. The molecule has 34 heavy (non-hydrogen) atoms. The van der Waals surface area contributed by atoms with Crippen LogP contribution < -0.4 is 20.1 Å². The molecule has 0 fully saturated rings. The van der Waals surface area contributed by atoms with Gasteiger partial charge in [-0.25, -0.2) is 0 Å². The highest BCUT2D eigenvalue weighted by molar-refractivity contribution is 8.00. The zero-order chi connectivity index (χ0) is 24.7. The summed E-state index contributed by atoms with van der Waals surface area (Å²) < 4.78 is 10.5. The van der Waals surface area contributed by atoms with E-state index in [1.54, 1.807) is 43.3 Å². The number of nitro groups is 1. The lowest BCUT2D eigenvalue weighted by Gasteiger charge is -2.15. The fourth-order valence-electron chi connectivity index (χ4n) is 3.01. The number of nitrogens with one attached hydrogen (secondary N) is 2. The molecule has 2 amide bonds. The number of benzene rings is 3. The predicted octanol–water partition coefficient (Wildman–Crippen LogP) is 4.98. The molecule has 1 unspecified atom stereocenters. The molecule has 0 saturated heterocycles. The zero-order valence-electron chi connectivity index (χ0n) is 18.7. The van der Waals surface area contributed by atoms with Crippen molar-refractivity contribution in [2.45, 2.75) is 17.1 Å². The first-order valence-corrected chi connectivity index (χ1v) is 11.0.